The third-order valence-electron chi connectivity index (χ3n) is 8.09. The summed E-state index contributed by atoms with van der Waals surface area (Å²) < 4.78 is 32.8. The van der Waals surface area contributed by atoms with Gasteiger partial charge in [0.15, 0.2) is 18.7 Å². The molecule has 0 saturated carbocycles. The molecule has 0 amide bonds. The number of carbonyl (C=O) groups excluding carboxylic acids is 2. The summed E-state index contributed by atoms with van der Waals surface area (Å²) in [6.07, 6.45) is -7.03. The second kappa shape index (κ2) is 22.2. The normalized spacial score (nSPS) is 32.2. The Morgan fingerprint density at radius 2 is 1.11 bits per heavy atom. The van der Waals surface area contributed by atoms with Gasteiger partial charge in [-0.15, -0.1) is 0 Å². The summed E-state index contributed by atoms with van der Waals surface area (Å²) in [5.41, 5.74) is 0. The highest BCUT2D eigenvalue weighted by molar-refractivity contribution is 5.70. The van der Waals surface area contributed by atoms with Crippen LogP contribution >= 0.6 is 0 Å². The molecule has 15 heteroatoms. The van der Waals surface area contributed by atoms with E-state index in [9.17, 15) is 45.3 Å². The minimum absolute atomic E-state index is 0.163. The molecule has 0 bridgehead atoms. The average molecular weight is 669 g/mol. The van der Waals surface area contributed by atoms with E-state index in [1.807, 2.05) is 0 Å². The molecule has 270 valence electrons. The fraction of sp³-hybridized carbons (Fsp3) is 0.935. The number of esters is 2. The maximum atomic E-state index is 12.5. The molecule has 0 aromatic heterocycles. The molecular weight excluding hydrogens is 612 g/mol. The molecule has 2 aliphatic rings. The van der Waals surface area contributed by atoms with Gasteiger partial charge in [0.2, 0.25) is 0 Å². The predicted octanol–water partition coefficient (Wildman–Crippen LogP) is -0.197. The highest BCUT2D eigenvalue weighted by Gasteiger charge is 2.47. The molecule has 2 rings (SSSR count). The zero-order chi connectivity index (χ0) is 34.1. The lowest BCUT2D eigenvalue weighted by Gasteiger charge is -2.42. The summed E-state index contributed by atoms with van der Waals surface area (Å²) in [7, 11) is 0. The van der Waals surface area contributed by atoms with E-state index in [0.717, 1.165) is 51.4 Å². The van der Waals surface area contributed by atoms with Crippen LogP contribution in [0.25, 0.3) is 0 Å². The lowest BCUT2D eigenvalue weighted by molar-refractivity contribution is -0.332. The van der Waals surface area contributed by atoms with Crippen LogP contribution in [0.15, 0.2) is 0 Å². The lowest BCUT2D eigenvalue weighted by Crippen LogP contribution is -2.61. The molecule has 0 spiro atoms. The van der Waals surface area contributed by atoms with Crippen LogP contribution in [0.2, 0.25) is 0 Å². The smallest absolute Gasteiger partial charge is 0.306 e. The first-order valence-electron chi connectivity index (χ1n) is 16.6. The Hall–Kier alpha value is -1.50. The predicted molar refractivity (Wildman–Crippen MR) is 160 cm³/mol. The van der Waals surface area contributed by atoms with Gasteiger partial charge in [0, 0.05) is 12.8 Å². The molecule has 7 N–H and O–H groups in total. The first-order chi connectivity index (χ1) is 22.0. The van der Waals surface area contributed by atoms with Gasteiger partial charge in [-0.25, -0.2) is 0 Å². The first-order valence-corrected chi connectivity index (χ1v) is 16.6. The lowest BCUT2D eigenvalue weighted by atomic mass is 9.98. The molecule has 0 unspecified atom stereocenters. The fourth-order valence-electron chi connectivity index (χ4n) is 5.15. The molecule has 2 saturated heterocycles. The van der Waals surface area contributed by atoms with Crippen molar-refractivity contribution in [1.82, 2.24) is 0 Å². The first kappa shape index (κ1) is 40.7. The highest BCUT2D eigenvalue weighted by Crippen LogP contribution is 2.26. The average Bonchev–Trinajstić information content (AvgIpc) is 3.04. The van der Waals surface area contributed by atoms with Gasteiger partial charge in [0.05, 0.1) is 19.8 Å². The number of ether oxygens (including phenoxy) is 6. The van der Waals surface area contributed by atoms with Crippen LogP contribution in [0.1, 0.15) is 90.9 Å². The quantitative estimate of drug-likeness (QED) is 0.0585. The van der Waals surface area contributed by atoms with Crippen LogP contribution in [-0.2, 0) is 38.0 Å². The third kappa shape index (κ3) is 13.5. The second-order valence-corrected chi connectivity index (χ2v) is 12.0. The Kier molecular flexibility index (Phi) is 19.6. The number of aliphatic hydroxyl groups is 7. The van der Waals surface area contributed by atoms with Crippen molar-refractivity contribution in [1.29, 1.82) is 0 Å². The van der Waals surface area contributed by atoms with Crippen LogP contribution < -0.4 is 0 Å². The van der Waals surface area contributed by atoms with Crippen molar-refractivity contribution in [3.8, 4) is 0 Å². The SMILES string of the molecule is CCCCCCCC(=O)OC[C@H](CO[C@@H]1O[C@H](CO[C@H]2O[C@H](CO)[C@H](O)[C@H](O)[C@H]2O)[C@H](O)[C@H](O)[C@H]1O)OC(=O)CCCCCCC. The highest BCUT2D eigenvalue weighted by atomic mass is 16.7. The molecule has 2 aliphatic heterocycles. The van der Waals surface area contributed by atoms with Crippen LogP contribution in [-0.4, -0.2) is 142 Å². The maximum absolute atomic E-state index is 12.5. The molecule has 15 nitrogen and oxygen atoms in total. The number of carbonyl (C=O) groups is 2. The van der Waals surface area contributed by atoms with E-state index in [-0.39, 0.29) is 26.1 Å². The van der Waals surface area contributed by atoms with E-state index in [4.69, 9.17) is 28.4 Å². The van der Waals surface area contributed by atoms with E-state index in [1.54, 1.807) is 0 Å². The minimum Gasteiger partial charge on any atom is -0.462 e. The van der Waals surface area contributed by atoms with Gasteiger partial charge < -0.3 is 64.2 Å². The van der Waals surface area contributed by atoms with Crippen molar-refractivity contribution in [3.63, 3.8) is 0 Å². The van der Waals surface area contributed by atoms with E-state index in [1.165, 1.54) is 0 Å². The zero-order valence-corrected chi connectivity index (χ0v) is 27.1. The Bertz CT molecular complexity index is 845. The molecule has 11 atom stereocenters. The van der Waals surface area contributed by atoms with E-state index in [2.05, 4.69) is 13.8 Å². The third-order valence-corrected chi connectivity index (χ3v) is 8.09. The molecular formula is C31H56O15. The van der Waals surface area contributed by atoms with Crippen molar-refractivity contribution < 1.29 is 73.8 Å². The molecule has 0 radical (unpaired) electrons. The molecule has 2 heterocycles. The summed E-state index contributed by atoms with van der Waals surface area (Å²) >= 11 is 0. The Labute approximate surface area is 270 Å². The Morgan fingerprint density at radius 1 is 0.609 bits per heavy atom. The summed E-state index contributed by atoms with van der Waals surface area (Å²) in [6, 6.07) is 0. The summed E-state index contributed by atoms with van der Waals surface area (Å²) in [5, 5.41) is 71.0. The van der Waals surface area contributed by atoms with E-state index in [0.29, 0.717) is 12.8 Å². The molecule has 0 aromatic rings. The molecule has 2 fully saturated rings. The van der Waals surface area contributed by atoms with Crippen LogP contribution in [0, 0.1) is 0 Å². The van der Waals surface area contributed by atoms with Crippen LogP contribution in [0.4, 0.5) is 0 Å². The standard InChI is InChI=1S/C31H56O15/c1-3-5-7-9-11-13-22(33)41-16-19(44-23(34)14-12-10-8-6-4-2)17-42-30-29(40)27(38)25(36)21(46-30)18-43-31-28(39)26(37)24(35)20(15-32)45-31/h19-21,24-32,35-40H,3-18H2,1-2H3/t19-,20-,21-,24+,25+,26+,27+,28-,29-,30-,31+/m1/s1. The Morgan fingerprint density at radius 3 is 1.67 bits per heavy atom. The second-order valence-electron chi connectivity index (χ2n) is 12.0. The fourth-order valence-corrected chi connectivity index (χ4v) is 5.15. The van der Waals surface area contributed by atoms with Crippen molar-refractivity contribution in [3.05, 3.63) is 0 Å². The van der Waals surface area contributed by atoms with Gasteiger partial charge in [-0.1, -0.05) is 65.2 Å². The van der Waals surface area contributed by atoms with Crippen LogP contribution in [0.3, 0.4) is 0 Å². The number of hydrogen-bond donors (Lipinski definition) is 7. The summed E-state index contributed by atoms with van der Waals surface area (Å²) in [4.78, 5) is 24.9. The topological polar surface area (TPSA) is 231 Å². The van der Waals surface area contributed by atoms with Gasteiger partial charge in [-0.3, -0.25) is 9.59 Å². The van der Waals surface area contributed by atoms with Crippen molar-refractivity contribution >= 4 is 11.9 Å². The van der Waals surface area contributed by atoms with Crippen molar-refractivity contribution in [2.24, 2.45) is 0 Å². The molecule has 46 heavy (non-hydrogen) atoms. The number of rotatable bonds is 22. The largest absolute Gasteiger partial charge is 0.462 e. The van der Waals surface area contributed by atoms with Crippen molar-refractivity contribution in [2.45, 2.75) is 158 Å². The van der Waals surface area contributed by atoms with E-state index < -0.39 is 92.7 Å². The Balaban J connectivity index is 1.97. The van der Waals surface area contributed by atoms with Gasteiger partial charge in [0.25, 0.3) is 0 Å². The van der Waals surface area contributed by atoms with Crippen molar-refractivity contribution in [2.75, 3.05) is 26.4 Å². The van der Waals surface area contributed by atoms with Gasteiger partial charge >= 0.3 is 11.9 Å². The zero-order valence-electron chi connectivity index (χ0n) is 27.1. The number of unbranched alkanes of at least 4 members (excludes halogenated alkanes) is 8. The molecule has 0 aliphatic carbocycles. The van der Waals surface area contributed by atoms with Gasteiger partial charge in [0.1, 0.15) is 55.4 Å². The minimum atomic E-state index is -1.75. The maximum Gasteiger partial charge on any atom is 0.306 e. The summed E-state index contributed by atoms with van der Waals surface area (Å²) in [5.74, 6) is -0.956. The number of aliphatic hydroxyl groups excluding tert-OH is 7. The van der Waals surface area contributed by atoms with E-state index >= 15 is 0 Å². The monoisotopic (exact) mass is 668 g/mol. The van der Waals surface area contributed by atoms with Gasteiger partial charge in [-0.05, 0) is 12.8 Å². The number of hydrogen-bond acceptors (Lipinski definition) is 15. The van der Waals surface area contributed by atoms with Gasteiger partial charge in [-0.2, -0.15) is 0 Å². The molecule has 0 aromatic carbocycles. The summed E-state index contributed by atoms with van der Waals surface area (Å²) in [6.45, 7) is 2.31. The van der Waals surface area contributed by atoms with Crippen LogP contribution in [0.5, 0.6) is 0 Å².